The monoisotopic (exact) mass is 261 g/mol. The fourth-order valence-electron chi connectivity index (χ4n) is 2.08. The molecule has 0 radical (unpaired) electrons. The molecule has 1 unspecified atom stereocenters. The summed E-state index contributed by atoms with van der Waals surface area (Å²) in [4.78, 5) is 0. The molecule has 0 saturated heterocycles. The van der Waals surface area contributed by atoms with Gasteiger partial charge in [0.1, 0.15) is 11.6 Å². The summed E-state index contributed by atoms with van der Waals surface area (Å²) in [7, 11) is 0. The summed E-state index contributed by atoms with van der Waals surface area (Å²) in [6.45, 7) is 3.78. The molecule has 0 spiro atoms. The summed E-state index contributed by atoms with van der Waals surface area (Å²) in [5.41, 5.74) is 1.83. The standard InChI is InChI=1S/C16H17F2N/c1-3-15(12-6-4-5-7-13(12)17)19-16-9-8-11(2)10-14(16)18/h4-10,15,19H,3H2,1-2H3. The van der Waals surface area contributed by atoms with E-state index in [2.05, 4.69) is 5.32 Å². The van der Waals surface area contributed by atoms with Crippen molar-refractivity contribution in [2.24, 2.45) is 0 Å². The molecule has 0 bridgehead atoms. The number of aryl methyl sites for hydroxylation is 1. The summed E-state index contributed by atoms with van der Waals surface area (Å²) in [6, 6.07) is 11.3. The van der Waals surface area contributed by atoms with E-state index in [1.807, 2.05) is 19.9 Å². The van der Waals surface area contributed by atoms with Crippen LogP contribution in [-0.4, -0.2) is 0 Å². The van der Waals surface area contributed by atoms with Crippen molar-refractivity contribution in [1.29, 1.82) is 0 Å². The van der Waals surface area contributed by atoms with Gasteiger partial charge >= 0.3 is 0 Å². The molecule has 3 heteroatoms. The maximum atomic E-state index is 13.8. The molecule has 2 aromatic carbocycles. The highest BCUT2D eigenvalue weighted by Gasteiger charge is 2.14. The Labute approximate surface area is 112 Å². The predicted octanol–water partition coefficient (Wildman–Crippen LogP) is 4.84. The van der Waals surface area contributed by atoms with Crippen LogP contribution in [0.25, 0.3) is 0 Å². The number of anilines is 1. The van der Waals surface area contributed by atoms with Crippen LogP contribution in [0, 0.1) is 18.6 Å². The first-order valence-corrected chi connectivity index (χ1v) is 6.39. The van der Waals surface area contributed by atoms with Crippen LogP contribution in [0.15, 0.2) is 42.5 Å². The lowest BCUT2D eigenvalue weighted by Gasteiger charge is -2.20. The van der Waals surface area contributed by atoms with E-state index in [0.29, 0.717) is 17.7 Å². The minimum absolute atomic E-state index is 0.238. The van der Waals surface area contributed by atoms with Crippen molar-refractivity contribution >= 4 is 5.69 Å². The molecular formula is C16H17F2N. The Bertz CT molecular complexity index is 566. The van der Waals surface area contributed by atoms with Gasteiger partial charge in [-0.25, -0.2) is 8.78 Å². The van der Waals surface area contributed by atoms with Gasteiger partial charge in [-0.15, -0.1) is 0 Å². The molecule has 0 aliphatic rings. The largest absolute Gasteiger partial charge is 0.376 e. The maximum Gasteiger partial charge on any atom is 0.146 e. The van der Waals surface area contributed by atoms with Crippen LogP contribution in [-0.2, 0) is 0 Å². The first-order chi connectivity index (χ1) is 9.11. The molecule has 0 amide bonds. The first-order valence-electron chi connectivity index (χ1n) is 6.39. The van der Waals surface area contributed by atoms with E-state index < -0.39 is 0 Å². The van der Waals surface area contributed by atoms with Crippen molar-refractivity contribution < 1.29 is 8.78 Å². The molecule has 1 atom stereocenters. The summed E-state index contributed by atoms with van der Waals surface area (Å²) in [5, 5.41) is 3.07. The van der Waals surface area contributed by atoms with Gasteiger partial charge in [-0.3, -0.25) is 0 Å². The fraction of sp³-hybridized carbons (Fsp3) is 0.250. The molecule has 0 saturated carbocycles. The molecule has 2 aromatic rings. The Hall–Kier alpha value is -1.90. The van der Waals surface area contributed by atoms with Gasteiger partial charge in [0.05, 0.1) is 11.7 Å². The van der Waals surface area contributed by atoms with Crippen molar-refractivity contribution in [1.82, 2.24) is 0 Å². The molecule has 0 fully saturated rings. The normalized spacial score (nSPS) is 12.2. The third kappa shape index (κ3) is 3.11. The molecule has 100 valence electrons. The zero-order valence-electron chi connectivity index (χ0n) is 11.1. The van der Waals surface area contributed by atoms with Crippen molar-refractivity contribution in [3.05, 3.63) is 65.2 Å². The van der Waals surface area contributed by atoms with E-state index in [1.54, 1.807) is 24.3 Å². The number of benzene rings is 2. The van der Waals surface area contributed by atoms with Crippen molar-refractivity contribution in [3.8, 4) is 0 Å². The average molecular weight is 261 g/mol. The van der Waals surface area contributed by atoms with Gasteiger partial charge in [0.15, 0.2) is 0 Å². The average Bonchev–Trinajstić information content (AvgIpc) is 2.39. The number of nitrogens with one attached hydrogen (secondary N) is 1. The maximum absolute atomic E-state index is 13.8. The Balaban J connectivity index is 2.27. The highest BCUT2D eigenvalue weighted by Crippen LogP contribution is 2.26. The zero-order valence-corrected chi connectivity index (χ0v) is 11.1. The van der Waals surface area contributed by atoms with E-state index in [1.165, 1.54) is 12.1 Å². The minimum atomic E-state index is -0.310. The topological polar surface area (TPSA) is 12.0 Å². The fourth-order valence-corrected chi connectivity index (χ4v) is 2.08. The molecule has 0 aliphatic heterocycles. The van der Waals surface area contributed by atoms with Gasteiger partial charge in [-0.05, 0) is 37.1 Å². The van der Waals surface area contributed by atoms with Gasteiger partial charge in [0, 0.05) is 5.56 Å². The molecule has 0 aliphatic carbocycles. The van der Waals surface area contributed by atoms with E-state index in [-0.39, 0.29) is 17.7 Å². The molecule has 2 rings (SSSR count). The molecule has 0 heterocycles. The van der Waals surface area contributed by atoms with Gasteiger partial charge < -0.3 is 5.32 Å². The van der Waals surface area contributed by atoms with E-state index in [0.717, 1.165) is 5.56 Å². The van der Waals surface area contributed by atoms with Gasteiger partial charge in [0.2, 0.25) is 0 Å². The third-order valence-electron chi connectivity index (χ3n) is 3.14. The van der Waals surface area contributed by atoms with Crippen LogP contribution in [0.3, 0.4) is 0 Å². The first kappa shape index (κ1) is 13.5. The van der Waals surface area contributed by atoms with Gasteiger partial charge in [-0.1, -0.05) is 31.2 Å². The van der Waals surface area contributed by atoms with Gasteiger partial charge in [-0.2, -0.15) is 0 Å². The molecule has 1 nitrogen and oxygen atoms in total. The van der Waals surface area contributed by atoms with Crippen molar-refractivity contribution in [3.63, 3.8) is 0 Å². The second-order valence-corrected chi connectivity index (χ2v) is 4.61. The summed E-state index contributed by atoms with van der Waals surface area (Å²) in [6.07, 6.45) is 0.675. The van der Waals surface area contributed by atoms with Crippen LogP contribution >= 0.6 is 0 Å². The van der Waals surface area contributed by atoms with Gasteiger partial charge in [0.25, 0.3) is 0 Å². The van der Waals surface area contributed by atoms with Crippen LogP contribution in [0.1, 0.15) is 30.5 Å². The lowest BCUT2D eigenvalue weighted by Crippen LogP contribution is -2.12. The second kappa shape index (κ2) is 5.83. The number of hydrogen-bond acceptors (Lipinski definition) is 1. The lowest BCUT2D eigenvalue weighted by molar-refractivity contribution is 0.582. The van der Waals surface area contributed by atoms with E-state index in [9.17, 15) is 8.78 Å². The SMILES string of the molecule is CCC(Nc1ccc(C)cc1F)c1ccccc1F. The third-order valence-corrected chi connectivity index (χ3v) is 3.14. The number of halogens is 2. The van der Waals surface area contributed by atoms with Crippen LogP contribution in [0.5, 0.6) is 0 Å². The molecular weight excluding hydrogens is 244 g/mol. The molecule has 0 aromatic heterocycles. The van der Waals surface area contributed by atoms with Crippen LogP contribution in [0.4, 0.5) is 14.5 Å². The summed E-state index contributed by atoms with van der Waals surface area (Å²) < 4.78 is 27.6. The highest BCUT2D eigenvalue weighted by atomic mass is 19.1. The minimum Gasteiger partial charge on any atom is -0.376 e. The van der Waals surface area contributed by atoms with Crippen molar-refractivity contribution in [2.45, 2.75) is 26.3 Å². The number of rotatable bonds is 4. The number of hydrogen-bond donors (Lipinski definition) is 1. The lowest BCUT2D eigenvalue weighted by atomic mass is 10.0. The summed E-state index contributed by atoms with van der Waals surface area (Å²) in [5.74, 6) is -0.579. The molecule has 19 heavy (non-hydrogen) atoms. The summed E-state index contributed by atoms with van der Waals surface area (Å²) >= 11 is 0. The van der Waals surface area contributed by atoms with E-state index in [4.69, 9.17) is 0 Å². The van der Waals surface area contributed by atoms with E-state index >= 15 is 0 Å². The van der Waals surface area contributed by atoms with Crippen molar-refractivity contribution in [2.75, 3.05) is 5.32 Å². The smallest absolute Gasteiger partial charge is 0.146 e. The van der Waals surface area contributed by atoms with Crippen LogP contribution in [0.2, 0.25) is 0 Å². The second-order valence-electron chi connectivity index (χ2n) is 4.61. The van der Waals surface area contributed by atoms with Crippen LogP contribution < -0.4 is 5.32 Å². The molecule has 1 N–H and O–H groups in total. The Morgan fingerprint density at radius 1 is 1.05 bits per heavy atom. The Kier molecular flexibility index (Phi) is 4.15. The predicted molar refractivity (Wildman–Crippen MR) is 74.2 cm³/mol. The Morgan fingerprint density at radius 3 is 2.42 bits per heavy atom. The Morgan fingerprint density at radius 2 is 1.79 bits per heavy atom. The quantitative estimate of drug-likeness (QED) is 0.830. The zero-order chi connectivity index (χ0) is 13.8. The highest BCUT2D eigenvalue weighted by molar-refractivity contribution is 5.48.